The molecule has 0 aliphatic heterocycles. The average Bonchev–Trinajstić information content (AvgIpc) is 2.37. The minimum absolute atomic E-state index is 0.0958. The van der Waals surface area contributed by atoms with Crippen LogP contribution in [0.15, 0.2) is 34.8 Å². The molecule has 0 aliphatic rings. The zero-order valence-electron chi connectivity index (χ0n) is 11.5. The van der Waals surface area contributed by atoms with Gasteiger partial charge in [0.05, 0.1) is 16.8 Å². The van der Waals surface area contributed by atoms with Crippen molar-refractivity contribution in [3.63, 3.8) is 0 Å². The predicted octanol–water partition coefficient (Wildman–Crippen LogP) is 3.41. The summed E-state index contributed by atoms with van der Waals surface area (Å²) in [7, 11) is 0. The minimum Gasteiger partial charge on any atom is -0.478 e. The monoisotopic (exact) mass is 348 g/mol. The van der Waals surface area contributed by atoms with Gasteiger partial charge in [-0.3, -0.25) is 9.78 Å². The highest BCUT2D eigenvalue weighted by atomic mass is 79.9. The lowest BCUT2D eigenvalue weighted by Gasteiger charge is -2.09. The van der Waals surface area contributed by atoms with Crippen LogP contribution in [0.5, 0.6) is 0 Å². The van der Waals surface area contributed by atoms with E-state index in [1.165, 1.54) is 12.1 Å². The number of hydrogen-bond donors (Lipinski definition) is 2. The number of carboxylic acids is 1. The number of anilines is 1. The summed E-state index contributed by atoms with van der Waals surface area (Å²) in [6, 6.07) is 7.97. The molecule has 0 saturated carbocycles. The predicted molar refractivity (Wildman–Crippen MR) is 82.8 cm³/mol. The molecule has 0 bridgehead atoms. The number of aryl methyl sites for hydroxylation is 2. The Kier molecular flexibility index (Phi) is 4.37. The van der Waals surface area contributed by atoms with Crippen LogP contribution in [-0.2, 0) is 0 Å². The molecule has 0 radical (unpaired) electrons. The van der Waals surface area contributed by atoms with Crippen molar-refractivity contribution < 1.29 is 14.7 Å². The van der Waals surface area contributed by atoms with E-state index in [4.69, 9.17) is 5.11 Å². The van der Waals surface area contributed by atoms with Crippen LogP contribution in [0.1, 0.15) is 32.1 Å². The fourth-order valence-electron chi connectivity index (χ4n) is 1.91. The van der Waals surface area contributed by atoms with E-state index in [9.17, 15) is 9.59 Å². The molecule has 2 N–H and O–H groups in total. The summed E-state index contributed by atoms with van der Waals surface area (Å²) in [6.45, 7) is 3.60. The SMILES string of the molecule is Cc1ccc(C(=O)Nc2cc(Br)cc(C(=O)O)c2)c(C)n1. The first-order valence-corrected chi connectivity index (χ1v) is 6.95. The molecule has 6 heteroatoms. The number of halogens is 1. The zero-order valence-corrected chi connectivity index (χ0v) is 13.1. The number of aromatic carboxylic acids is 1. The summed E-state index contributed by atoms with van der Waals surface area (Å²) in [5.74, 6) is -1.38. The Hall–Kier alpha value is -2.21. The quantitative estimate of drug-likeness (QED) is 0.890. The minimum atomic E-state index is -1.06. The van der Waals surface area contributed by atoms with Gasteiger partial charge in [-0.05, 0) is 44.2 Å². The summed E-state index contributed by atoms with van der Waals surface area (Å²) < 4.78 is 0.580. The Morgan fingerprint density at radius 3 is 2.52 bits per heavy atom. The Bertz CT molecular complexity index is 729. The molecule has 5 nitrogen and oxygen atoms in total. The van der Waals surface area contributed by atoms with Gasteiger partial charge in [0.1, 0.15) is 0 Å². The molecule has 2 aromatic rings. The van der Waals surface area contributed by atoms with E-state index in [2.05, 4.69) is 26.2 Å². The number of aromatic nitrogens is 1. The first-order chi connectivity index (χ1) is 9.86. The number of nitrogens with zero attached hydrogens (tertiary/aromatic N) is 1. The number of carboxylic acid groups (broad SMARTS) is 1. The van der Waals surface area contributed by atoms with Crippen molar-refractivity contribution in [2.45, 2.75) is 13.8 Å². The molecule has 0 atom stereocenters. The van der Waals surface area contributed by atoms with E-state index < -0.39 is 5.97 Å². The third-order valence-electron chi connectivity index (χ3n) is 2.87. The van der Waals surface area contributed by atoms with E-state index in [0.717, 1.165) is 5.69 Å². The zero-order chi connectivity index (χ0) is 15.6. The molecule has 0 aliphatic carbocycles. The smallest absolute Gasteiger partial charge is 0.335 e. The van der Waals surface area contributed by atoms with Gasteiger partial charge in [-0.15, -0.1) is 0 Å². The molecule has 1 heterocycles. The molecule has 0 spiro atoms. The maximum absolute atomic E-state index is 12.2. The number of amides is 1. The van der Waals surface area contributed by atoms with Crippen molar-refractivity contribution in [2.24, 2.45) is 0 Å². The summed E-state index contributed by atoms with van der Waals surface area (Å²) in [6.07, 6.45) is 0. The number of benzene rings is 1. The summed E-state index contributed by atoms with van der Waals surface area (Å²) in [4.78, 5) is 27.5. The molecule has 0 unspecified atom stereocenters. The highest BCUT2D eigenvalue weighted by molar-refractivity contribution is 9.10. The first-order valence-electron chi connectivity index (χ1n) is 6.16. The van der Waals surface area contributed by atoms with E-state index in [1.54, 1.807) is 25.1 Å². The Balaban J connectivity index is 2.29. The van der Waals surface area contributed by atoms with E-state index in [-0.39, 0.29) is 11.5 Å². The van der Waals surface area contributed by atoms with Crippen molar-refractivity contribution in [3.05, 3.63) is 57.3 Å². The Morgan fingerprint density at radius 2 is 1.90 bits per heavy atom. The third kappa shape index (κ3) is 3.66. The maximum Gasteiger partial charge on any atom is 0.335 e. The van der Waals surface area contributed by atoms with Crippen LogP contribution < -0.4 is 5.32 Å². The van der Waals surface area contributed by atoms with Crippen molar-refractivity contribution in [1.82, 2.24) is 4.98 Å². The van der Waals surface area contributed by atoms with Crippen molar-refractivity contribution >= 4 is 33.5 Å². The summed E-state index contributed by atoms with van der Waals surface area (Å²) in [5.41, 5.74) is 2.42. The molecule has 1 aromatic carbocycles. The van der Waals surface area contributed by atoms with Gasteiger partial charge < -0.3 is 10.4 Å². The van der Waals surface area contributed by atoms with E-state index >= 15 is 0 Å². The highest BCUT2D eigenvalue weighted by Crippen LogP contribution is 2.20. The lowest BCUT2D eigenvalue weighted by atomic mass is 10.1. The Labute approximate surface area is 130 Å². The van der Waals surface area contributed by atoms with Crippen molar-refractivity contribution in [1.29, 1.82) is 0 Å². The molecule has 21 heavy (non-hydrogen) atoms. The van der Waals surface area contributed by atoms with Gasteiger partial charge in [-0.2, -0.15) is 0 Å². The normalized spacial score (nSPS) is 10.2. The van der Waals surface area contributed by atoms with E-state index in [0.29, 0.717) is 21.4 Å². The molecule has 2 rings (SSSR count). The van der Waals surface area contributed by atoms with Gasteiger partial charge in [-0.1, -0.05) is 15.9 Å². The van der Waals surface area contributed by atoms with Crippen LogP contribution in [-0.4, -0.2) is 22.0 Å². The second-order valence-corrected chi connectivity index (χ2v) is 5.49. The first kappa shape index (κ1) is 15.2. The Morgan fingerprint density at radius 1 is 1.19 bits per heavy atom. The summed E-state index contributed by atoms with van der Waals surface area (Å²) in [5, 5.41) is 11.7. The average molecular weight is 349 g/mol. The highest BCUT2D eigenvalue weighted by Gasteiger charge is 2.12. The lowest BCUT2D eigenvalue weighted by molar-refractivity contribution is 0.0696. The second kappa shape index (κ2) is 6.05. The lowest BCUT2D eigenvalue weighted by Crippen LogP contribution is -2.14. The topological polar surface area (TPSA) is 79.3 Å². The largest absolute Gasteiger partial charge is 0.478 e. The number of pyridine rings is 1. The molecular formula is C15H13BrN2O3. The number of carbonyl (C=O) groups is 2. The van der Waals surface area contributed by atoms with Gasteiger partial charge in [0.25, 0.3) is 5.91 Å². The number of nitrogens with one attached hydrogen (secondary N) is 1. The van der Waals surface area contributed by atoms with E-state index in [1.807, 2.05) is 6.92 Å². The maximum atomic E-state index is 12.2. The molecule has 108 valence electrons. The van der Waals surface area contributed by atoms with Gasteiger partial charge in [0, 0.05) is 15.9 Å². The fraction of sp³-hybridized carbons (Fsp3) is 0.133. The van der Waals surface area contributed by atoms with Crippen LogP contribution in [0.3, 0.4) is 0 Å². The van der Waals surface area contributed by atoms with Crippen LogP contribution in [0.4, 0.5) is 5.69 Å². The number of rotatable bonds is 3. The van der Waals surface area contributed by atoms with Gasteiger partial charge in [-0.25, -0.2) is 4.79 Å². The summed E-state index contributed by atoms with van der Waals surface area (Å²) >= 11 is 3.22. The van der Waals surface area contributed by atoms with Gasteiger partial charge in [0.2, 0.25) is 0 Å². The van der Waals surface area contributed by atoms with Gasteiger partial charge in [0.15, 0.2) is 0 Å². The molecule has 0 fully saturated rings. The van der Waals surface area contributed by atoms with Crippen LogP contribution in [0, 0.1) is 13.8 Å². The number of hydrogen-bond acceptors (Lipinski definition) is 3. The second-order valence-electron chi connectivity index (χ2n) is 4.57. The molecule has 0 saturated heterocycles. The van der Waals surface area contributed by atoms with Gasteiger partial charge >= 0.3 is 5.97 Å². The molecule has 1 amide bonds. The molecular weight excluding hydrogens is 336 g/mol. The van der Waals surface area contributed by atoms with Crippen LogP contribution in [0.2, 0.25) is 0 Å². The van der Waals surface area contributed by atoms with Crippen molar-refractivity contribution in [2.75, 3.05) is 5.32 Å². The van der Waals surface area contributed by atoms with Crippen LogP contribution >= 0.6 is 15.9 Å². The van der Waals surface area contributed by atoms with Crippen LogP contribution in [0.25, 0.3) is 0 Å². The van der Waals surface area contributed by atoms with Crippen molar-refractivity contribution in [3.8, 4) is 0 Å². The number of carbonyl (C=O) groups excluding carboxylic acids is 1. The standard InChI is InChI=1S/C15H13BrN2O3/c1-8-3-4-13(9(2)17-8)14(19)18-12-6-10(15(20)21)5-11(16)7-12/h3-7H,1-2H3,(H,18,19)(H,20,21). The molecule has 1 aromatic heterocycles. The third-order valence-corrected chi connectivity index (χ3v) is 3.33. The fourth-order valence-corrected chi connectivity index (χ4v) is 2.40.